The lowest BCUT2D eigenvalue weighted by molar-refractivity contribution is 0.240. The molecule has 0 radical (unpaired) electrons. The highest BCUT2D eigenvalue weighted by molar-refractivity contribution is 7.09. The molecule has 19 heavy (non-hydrogen) atoms. The van der Waals surface area contributed by atoms with Crippen molar-refractivity contribution in [2.75, 3.05) is 19.6 Å². The van der Waals surface area contributed by atoms with Crippen LogP contribution in [0.15, 0.2) is 5.38 Å². The average Bonchev–Trinajstić information content (AvgIpc) is 2.87. The van der Waals surface area contributed by atoms with Crippen LogP contribution in [0.5, 0.6) is 0 Å². The molecule has 0 aliphatic carbocycles. The van der Waals surface area contributed by atoms with Gasteiger partial charge in [0.25, 0.3) is 0 Å². The van der Waals surface area contributed by atoms with E-state index in [1.54, 1.807) is 11.3 Å². The monoisotopic (exact) mass is 284 g/mol. The first-order chi connectivity index (χ1) is 9.19. The van der Waals surface area contributed by atoms with Gasteiger partial charge >= 0.3 is 6.03 Å². The minimum absolute atomic E-state index is 0.123. The number of hydrogen-bond acceptors (Lipinski definition) is 4. The quantitative estimate of drug-likeness (QED) is 0.769. The highest BCUT2D eigenvalue weighted by Gasteiger charge is 2.07. The van der Waals surface area contributed by atoms with Crippen LogP contribution >= 0.6 is 11.3 Å². The summed E-state index contributed by atoms with van der Waals surface area (Å²) in [5.74, 6) is 0. The number of thiazole rings is 1. The summed E-state index contributed by atoms with van der Waals surface area (Å²) in [5, 5.41) is 8.61. The minimum atomic E-state index is -0.123. The smallest absolute Gasteiger partial charge is 0.315 e. The molecule has 5 nitrogen and oxygen atoms in total. The summed E-state index contributed by atoms with van der Waals surface area (Å²) in [5.41, 5.74) is 1.08. The summed E-state index contributed by atoms with van der Waals surface area (Å²) in [6.07, 6.45) is 0.943. The van der Waals surface area contributed by atoms with Crippen LogP contribution in [0.2, 0.25) is 0 Å². The fraction of sp³-hybridized carbons (Fsp3) is 0.692. The van der Waals surface area contributed by atoms with Crippen molar-refractivity contribution in [3.8, 4) is 0 Å². The number of rotatable bonds is 8. The lowest BCUT2D eigenvalue weighted by atomic mass is 10.4. The van der Waals surface area contributed by atoms with Gasteiger partial charge in [-0.15, -0.1) is 11.3 Å². The van der Waals surface area contributed by atoms with E-state index < -0.39 is 0 Å². The van der Waals surface area contributed by atoms with Gasteiger partial charge in [0.1, 0.15) is 5.01 Å². The molecule has 0 unspecified atom stereocenters. The maximum atomic E-state index is 11.4. The maximum Gasteiger partial charge on any atom is 0.315 e. The predicted molar refractivity (Wildman–Crippen MR) is 79.3 cm³/mol. The van der Waals surface area contributed by atoms with Crippen LogP contribution in [-0.2, 0) is 13.1 Å². The zero-order valence-electron chi connectivity index (χ0n) is 12.0. The Morgan fingerprint density at radius 3 is 2.68 bits per heavy atom. The second-order valence-electron chi connectivity index (χ2n) is 4.30. The molecule has 0 fully saturated rings. The number of hydrogen-bond donors (Lipinski definition) is 2. The summed E-state index contributed by atoms with van der Waals surface area (Å²) in [7, 11) is 0. The van der Waals surface area contributed by atoms with Gasteiger partial charge in [0.15, 0.2) is 0 Å². The van der Waals surface area contributed by atoms with Gasteiger partial charge in [-0.3, -0.25) is 4.90 Å². The van der Waals surface area contributed by atoms with E-state index in [2.05, 4.69) is 39.7 Å². The van der Waals surface area contributed by atoms with Crippen molar-refractivity contribution in [1.82, 2.24) is 20.5 Å². The number of carbonyl (C=O) groups excluding carboxylic acids is 1. The third-order valence-corrected chi connectivity index (χ3v) is 3.71. The molecule has 0 aliphatic rings. The molecule has 1 heterocycles. The Morgan fingerprint density at radius 1 is 1.32 bits per heavy atom. The van der Waals surface area contributed by atoms with Crippen LogP contribution in [0.3, 0.4) is 0 Å². The number of nitrogens with zero attached hydrogens (tertiary/aromatic N) is 2. The average molecular weight is 284 g/mol. The van der Waals surface area contributed by atoms with Gasteiger partial charge in [0.05, 0.1) is 12.2 Å². The largest absolute Gasteiger partial charge is 0.338 e. The molecule has 2 amide bonds. The Morgan fingerprint density at radius 2 is 2.05 bits per heavy atom. The van der Waals surface area contributed by atoms with Crippen molar-refractivity contribution in [3.63, 3.8) is 0 Å². The van der Waals surface area contributed by atoms with Gasteiger partial charge in [-0.25, -0.2) is 9.78 Å². The topological polar surface area (TPSA) is 57.3 Å². The van der Waals surface area contributed by atoms with E-state index in [0.29, 0.717) is 13.1 Å². The molecule has 0 saturated carbocycles. The van der Waals surface area contributed by atoms with Crippen LogP contribution in [0.1, 0.15) is 37.9 Å². The van der Waals surface area contributed by atoms with E-state index in [1.807, 2.05) is 6.92 Å². The van der Waals surface area contributed by atoms with Crippen LogP contribution in [0.4, 0.5) is 4.79 Å². The molecular weight excluding hydrogens is 260 g/mol. The Kier molecular flexibility index (Phi) is 7.43. The van der Waals surface area contributed by atoms with Gasteiger partial charge in [0.2, 0.25) is 0 Å². The molecule has 0 aromatic carbocycles. The Hall–Kier alpha value is -1.14. The van der Waals surface area contributed by atoms with E-state index in [0.717, 1.165) is 36.8 Å². The normalized spacial score (nSPS) is 10.7. The number of nitrogens with one attached hydrogen (secondary N) is 2. The van der Waals surface area contributed by atoms with Gasteiger partial charge < -0.3 is 10.6 Å². The summed E-state index contributed by atoms with van der Waals surface area (Å²) < 4.78 is 0. The molecule has 108 valence electrons. The number of urea groups is 1. The lowest BCUT2D eigenvalue weighted by Gasteiger charge is -2.15. The molecule has 1 aromatic heterocycles. The van der Waals surface area contributed by atoms with Crippen LogP contribution in [0.25, 0.3) is 0 Å². The molecule has 0 bridgehead atoms. The first-order valence-corrected chi connectivity index (χ1v) is 7.74. The molecule has 0 saturated heterocycles. The van der Waals surface area contributed by atoms with E-state index in [-0.39, 0.29) is 6.03 Å². The first-order valence-electron chi connectivity index (χ1n) is 6.86. The Bertz CT molecular complexity index is 376. The molecule has 0 spiro atoms. The minimum Gasteiger partial charge on any atom is -0.338 e. The van der Waals surface area contributed by atoms with Crippen molar-refractivity contribution in [3.05, 3.63) is 16.1 Å². The summed E-state index contributed by atoms with van der Waals surface area (Å²) in [6.45, 7) is 10.5. The number of amides is 2. The van der Waals surface area contributed by atoms with Crippen LogP contribution in [0, 0.1) is 0 Å². The third-order valence-electron chi connectivity index (χ3n) is 2.82. The fourth-order valence-corrected chi connectivity index (χ4v) is 2.36. The van der Waals surface area contributed by atoms with Gasteiger partial charge in [-0.2, -0.15) is 0 Å². The highest BCUT2D eigenvalue weighted by Crippen LogP contribution is 2.11. The zero-order valence-corrected chi connectivity index (χ0v) is 12.8. The molecular formula is C13H24N4OS. The predicted octanol–water partition coefficient (Wildman–Crippen LogP) is 2.19. The summed E-state index contributed by atoms with van der Waals surface area (Å²) in [4.78, 5) is 18.3. The molecule has 0 atom stereocenters. The van der Waals surface area contributed by atoms with E-state index in [4.69, 9.17) is 0 Å². The van der Waals surface area contributed by atoms with Crippen molar-refractivity contribution in [2.24, 2.45) is 0 Å². The van der Waals surface area contributed by atoms with Crippen molar-refractivity contribution in [1.29, 1.82) is 0 Å². The lowest BCUT2D eigenvalue weighted by Crippen LogP contribution is -2.35. The molecule has 1 rings (SSSR count). The molecule has 6 heteroatoms. The Labute approximate surface area is 119 Å². The van der Waals surface area contributed by atoms with Gasteiger partial charge in [0, 0.05) is 18.5 Å². The fourth-order valence-electron chi connectivity index (χ4n) is 1.64. The maximum absolute atomic E-state index is 11.4. The van der Waals surface area contributed by atoms with Crippen molar-refractivity contribution < 1.29 is 4.79 Å². The highest BCUT2D eigenvalue weighted by atomic mass is 32.1. The number of carbonyl (C=O) groups is 1. The molecule has 1 aromatic rings. The van der Waals surface area contributed by atoms with E-state index in [1.165, 1.54) is 0 Å². The van der Waals surface area contributed by atoms with Crippen LogP contribution < -0.4 is 10.6 Å². The SMILES string of the molecule is CCCNC(=O)NCc1nc(CN(CC)CC)cs1. The van der Waals surface area contributed by atoms with Crippen molar-refractivity contribution in [2.45, 2.75) is 40.3 Å². The molecule has 2 N–H and O–H groups in total. The van der Waals surface area contributed by atoms with Crippen LogP contribution in [-0.4, -0.2) is 35.5 Å². The molecule has 0 aliphatic heterocycles. The van der Waals surface area contributed by atoms with E-state index in [9.17, 15) is 4.79 Å². The van der Waals surface area contributed by atoms with Crippen molar-refractivity contribution >= 4 is 17.4 Å². The van der Waals surface area contributed by atoms with E-state index >= 15 is 0 Å². The standard InChI is InChI=1S/C13H24N4OS/c1-4-7-14-13(18)15-8-12-16-11(10-19-12)9-17(5-2)6-3/h10H,4-9H2,1-3H3,(H2,14,15,18). The summed E-state index contributed by atoms with van der Waals surface area (Å²) in [6, 6.07) is -0.123. The second kappa shape index (κ2) is 8.87. The third kappa shape index (κ3) is 6.02. The zero-order chi connectivity index (χ0) is 14.1. The van der Waals surface area contributed by atoms with Gasteiger partial charge in [-0.1, -0.05) is 20.8 Å². The second-order valence-corrected chi connectivity index (χ2v) is 5.25. The first kappa shape index (κ1) is 15.9. The summed E-state index contributed by atoms with van der Waals surface area (Å²) >= 11 is 1.60. The Balaban J connectivity index is 2.36. The number of aromatic nitrogens is 1. The van der Waals surface area contributed by atoms with Gasteiger partial charge in [-0.05, 0) is 19.5 Å².